The monoisotopic (exact) mass is 330 g/mol. The van der Waals surface area contributed by atoms with Gasteiger partial charge in [0.05, 0.1) is 6.61 Å². The van der Waals surface area contributed by atoms with Gasteiger partial charge in [-0.1, -0.05) is 17.7 Å². The van der Waals surface area contributed by atoms with Crippen LogP contribution in [0.2, 0.25) is 5.02 Å². The highest BCUT2D eigenvalue weighted by molar-refractivity contribution is 7.99. The van der Waals surface area contributed by atoms with Crippen LogP contribution in [0.15, 0.2) is 24.3 Å². The average molecular weight is 331 g/mol. The molecule has 3 atom stereocenters. The average Bonchev–Trinajstić information content (AvgIpc) is 2.39. The smallest absolute Gasteiger partial charge is 0.225 e. The summed E-state index contributed by atoms with van der Waals surface area (Å²) in [5.74, 6) is -0.0610. The van der Waals surface area contributed by atoms with Crippen LogP contribution in [0, 0.1) is 0 Å². The number of aliphatic hydroxyl groups excluding tert-OH is 1. The van der Waals surface area contributed by atoms with Crippen LogP contribution in [0.4, 0.5) is 5.69 Å². The standard InChI is InChI=1S/C15H23ClN2O2S/c1-10(17-11(2)14(9-19)21-3)7-15(20)18-13-6-4-5-12(16)8-13/h4-6,8,10-11,14,17,19H,7,9H2,1-3H3,(H,18,20). The van der Waals surface area contributed by atoms with Crippen LogP contribution in [0.25, 0.3) is 0 Å². The summed E-state index contributed by atoms with van der Waals surface area (Å²) in [5, 5.41) is 16.2. The summed E-state index contributed by atoms with van der Waals surface area (Å²) >= 11 is 7.50. The Morgan fingerprint density at radius 2 is 2.14 bits per heavy atom. The SMILES string of the molecule is CSC(CO)C(C)NC(C)CC(=O)Nc1cccc(Cl)c1. The van der Waals surface area contributed by atoms with Crippen LogP contribution < -0.4 is 10.6 Å². The van der Waals surface area contributed by atoms with Gasteiger partial charge in [0.2, 0.25) is 5.91 Å². The van der Waals surface area contributed by atoms with E-state index in [9.17, 15) is 9.90 Å². The van der Waals surface area contributed by atoms with Gasteiger partial charge in [-0.25, -0.2) is 0 Å². The number of hydrogen-bond acceptors (Lipinski definition) is 4. The number of rotatable bonds is 8. The van der Waals surface area contributed by atoms with E-state index in [1.807, 2.05) is 20.1 Å². The van der Waals surface area contributed by atoms with Crippen molar-refractivity contribution in [2.24, 2.45) is 0 Å². The van der Waals surface area contributed by atoms with Gasteiger partial charge < -0.3 is 15.7 Å². The largest absolute Gasteiger partial charge is 0.395 e. The Hall–Kier alpha value is -0.750. The van der Waals surface area contributed by atoms with E-state index in [0.717, 1.165) is 0 Å². The Balaban J connectivity index is 2.43. The molecule has 0 aromatic heterocycles. The summed E-state index contributed by atoms with van der Waals surface area (Å²) in [6.07, 6.45) is 2.33. The molecular weight excluding hydrogens is 308 g/mol. The van der Waals surface area contributed by atoms with Crippen LogP contribution in [-0.2, 0) is 4.79 Å². The maximum Gasteiger partial charge on any atom is 0.225 e. The fraction of sp³-hybridized carbons (Fsp3) is 0.533. The first-order valence-electron chi connectivity index (χ1n) is 6.91. The maximum absolute atomic E-state index is 12.0. The van der Waals surface area contributed by atoms with E-state index in [2.05, 4.69) is 10.6 Å². The summed E-state index contributed by atoms with van der Waals surface area (Å²) < 4.78 is 0. The number of nitrogens with one attached hydrogen (secondary N) is 2. The predicted molar refractivity (Wildman–Crippen MR) is 91.1 cm³/mol. The number of hydrogen-bond donors (Lipinski definition) is 3. The summed E-state index contributed by atoms with van der Waals surface area (Å²) in [7, 11) is 0. The zero-order valence-electron chi connectivity index (χ0n) is 12.6. The van der Waals surface area contributed by atoms with Crippen molar-refractivity contribution >= 4 is 35.0 Å². The molecule has 0 aliphatic heterocycles. The highest BCUT2D eigenvalue weighted by Crippen LogP contribution is 2.15. The zero-order valence-corrected chi connectivity index (χ0v) is 14.2. The van der Waals surface area contributed by atoms with Gasteiger partial charge >= 0.3 is 0 Å². The molecule has 6 heteroatoms. The minimum Gasteiger partial charge on any atom is -0.395 e. The van der Waals surface area contributed by atoms with Gasteiger partial charge in [-0.2, -0.15) is 11.8 Å². The Morgan fingerprint density at radius 1 is 1.43 bits per heavy atom. The first-order valence-corrected chi connectivity index (χ1v) is 8.58. The summed E-state index contributed by atoms with van der Waals surface area (Å²) in [4.78, 5) is 12.0. The molecule has 3 N–H and O–H groups in total. The van der Waals surface area contributed by atoms with Gasteiger partial charge in [-0.15, -0.1) is 0 Å². The van der Waals surface area contributed by atoms with Gasteiger partial charge in [0, 0.05) is 34.5 Å². The van der Waals surface area contributed by atoms with Crippen molar-refractivity contribution in [3.05, 3.63) is 29.3 Å². The lowest BCUT2D eigenvalue weighted by atomic mass is 10.1. The van der Waals surface area contributed by atoms with Crippen LogP contribution in [-0.4, -0.2) is 41.2 Å². The third-order valence-corrected chi connectivity index (χ3v) is 4.59. The lowest BCUT2D eigenvalue weighted by molar-refractivity contribution is -0.116. The molecule has 3 unspecified atom stereocenters. The summed E-state index contributed by atoms with van der Waals surface area (Å²) in [5.41, 5.74) is 0.699. The fourth-order valence-electron chi connectivity index (χ4n) is 2.11. The molecule has 1 aromatic rings. The van der Waals surface area contributed by atoms with Crippen LogP contribution in [0.1, 0.15) is 20.3 Å². The lowest BCUT2D eigenvalue weighted by Gasteiger charge is -2.25. The third-order valence-electron chi connectivity index (χ3n) is 3.19. The van der Waals surface area contributed by atoms with Crippen LogP contribution in [0.5, 0.6) is 0 Å². The van der Waals surface area contributed by atoms with Crippen molar-refractivity contribution in [1.29, 1.82) is 0 Å². The molecule has 0 heterocycles. The van der Waals surface area contributed by atoms with E-state index < -0.39 is 0 Å². The Labute approximate surface area is 135 Å². The number of amides is 1. The van der Waals surface area contributed by atoms with E-state index in [0.29, 0.717) is 17.1 Å². The molecular formula is C15H23ClN2O2S. The van der Waals surface area contributed by atoms with E-state index in [1.165, 1.54) is 0 Å². The first-order chi connectivity index (χ1) is 9.96. The highest BCUT2D eigenvalue weighted by atomic mass is 35.5. The maximum atomic E-state index is 12.0. The molecule has 0 bridgehead atoms. The van der Waals surface area contributed by atoms with Gasteiger partial charge in [0.1, 0.15) is 0 Å². The number of aliphatic hydroxyl groups is 1. The molecule has 1 aromatic carbocycles. The molecule has 1 rings (SSSR count). The van der Waals surface area contributed by atoms with Crippen LogP contribution in [0.3, 0.4) is 0 Å². The molecule has 0 fully saturated rings. The molecule has 0 saturated heterocycles. The van der Waals surface area contributed by atoms with Gasteiger partial charge in [0.15, 0.2) is 0 Å². The highest BCUT2D eigenvalue weighted by Gasteiger charge is 2.18. The minimum atomic E-state index is -0.0610. The zero-order chi connectivity index (χ0) is 15.8. The fourth-order valence-corrected chi connectivity index (χ4v) is 2.93. The van der Waals surface area contributed by atoms with Gasteiger partial charge in [0.25, 0.3) is 0 Å². The molecule has 0 spiro atoms. The second-order valence-electron chi connectivity index (χ2n) is 5.08. The van der Waals surface area contributed by atoms with Gasteiger partial charge in [-0.05, 0) is 38.3 Å². The van der Waals surface area contributed by atoms with E-state index in [-0.39, 0.29) is 29.8 Å². The molecule has 0 aliphatic rings. The number of thioether (sulfide) groups is 1. The number of carbonyl (C=O) groups excluding carboxylic acids is 1. The van der Waals surface area contributed by atoms with Crippen LogP contribution >= 0.6 is 23.4 Å². The van der Waals surface area contributed by atoms with Crippen molar-refractivity contribution in [2.45, 2.75) is 37.6 Å². The van der Waals surface area contributed by atoms with E-state index in [4.69, 9.17) is 11.6 Å². The minimum absolute atomic E-state index is 0.0281. The molecule has 21 heavy (non-hydrogen) atoms. The first kappa shape index (κ1) is 18.3. The molecule has 0 saturated carbocycles. The van der Waals surface area contributed by atoms with Crippen molar-refractivity contribution in [1.82, 2.24) is 5.32 Å². The second-order valence-corrected chi connectivity index (χ2v) is 6.59. The normalized spacial score (nSPS) is 15.3. The number of carbonyl (C=O) groups is 1. The molecule has 0 radical (unpaired) electrons. The summed E-state index contributed by atoms with van der Waals surface area (Å²) in [6, 6.07) is 7.25. The molecule has 0 aliphatic carbocycles. The topological polar surface area (TPSA) is 61.4 Å². The Bertz CT molecular complexity index is 455. The number of halogens is 1. The lowest BCUT2D eigenvalue weighted by Crippen LogP contribution is -2.43. The Morgan fingerprint density at radius 3 is 2.71 bits per heavy atom. The quantitative estimate of drug-likeness (QED) is 0.686. The Kier molecular flexibility index (Phi) is 8.11. The molecule has 4 nitrogen and oxygen atoms in total. The van der Waals surface area contributed by atoms with E-state index >= 15 is 0 Å². The number of benzene rings is 1. The summed E-state index contributed by atoms with van der Waals surface area (Å²) in [6.45, 7) is 4.10. The third kappa shape index (κ3) is 6.70. The molecule has 1 amide bonds. The second kappa shape index (κ2) is 9.30. The van der Waals surface area contributed by atoms with Gasteiger partial charge in [-0.3, -0.25) is 4.79 Å². The molecule has 118 valence electrons. The number of anilines is 1. The van der Waals surface area contributed by atoms with Crippen molar-refractivity contribution < 1.29 is 9.90 Å². The van der Waals surface area contributed by atoms with Crippen molar-refractivity contribution in [3.63, 3.8) is 0 Å². The van der Waals surface area contributed by atoms with Crippen molar-refractivity contribution in [2.75, 3.05) is 18.2 Å². The van der Waals surface area contributed by atoms with E-state index in [1.54, 1.807) is 36.0 Å². The van der Waals surface area contributed by atoms with Crippen molar-refractivity contribution in [3.8, 4) is 0 Å². The predicted octanol–water partition coefficient (Wildman–Crippen LogP) is 2.76.